The van der Waals surface area contributed by atoms with Gasteiger partial charge in [0.05, 0.1) is 11.2 Å². The summed E-state index contributed by atoms with van der Waals surface area (Å²) in [5.74, 6) is -0.904. The van der Waals surface area contributed by atoms with E-state index in [9.17, 15) is 9.59 Å². The third kappa shape index (κ3) is 3.97. The fourth-order valence-corrected chi connectivity index (χ4v) is 5.05. The monoisotopic (exact) mass is 473 g/mol. The van der Waals surface area contributed by atoms with Crippen molar-refractivity contribution in [3.05, 3.63) is 70.4 Å². The van der Waals surface area contributed by atoms with Crippen LogP contribution in [0.4, 0.5) is 15.8 Å². The van der Waals surface area contributed by atoms with E-state index in [2.05, 4.69) is 27.0 Å². The highest BCUT2D eigenvalue weighted by Gasteiger charge is 2.28. The molecule has 3 heterocycles. The maximum atomic E-state index is 15.3. The molecule has 0 spiro atoms. The number of nitrogens with one attached hydrogen (secondary N) is 2. The summed E-state index contributed by atoms with van der Waals surface area (Å²) in [5, 5.41) is 4.06. The van der Waals surface area contributed by atoms with Crippen molar-refractivity contribution in [2.45, 2.75) is 25.8 Å². The fraction of sp³-hybridized carbons (Fsp3) is 0.333. The molecule has 2 aromatic carbocycles. The second-order valence-corrected chi connectivity index (χ2v) is 9.49. The van der Waals surface area contributed by atoms with Crippen molar-refractivity contribution >= 4 is 39.1 Å². The molecule has 0 radical (unpaired) electrons. The van der Waals surface area contributed by atoms with Gasteiger partial charge < -0.3 is 24.7 Å². The molecule has 0 bridgehead atoms. The minimum atomic E-state index is -0.485. The average Bonchev–Trinajstić information content (AvgIpc) is 3.61. The van der Waals surface area contributed by atoms with Crippen LogP contribution in [0.3, 0.4) is 0 Å². The number of aromatic amines is 1. The topological polar surface area (TPSA) is 73.4 Å². The summed E-state index contributed by atoms with van der Waals surface area (Å²) in [5.41, 5.74) is 2.37. The molecule has 0 unspecified atom stereocenters. The second kappa shape index (κ2) is 8.53. The smallest absolute Gasteiger partial charge is 0.261 e. The van der Waals surface area contributed by atoms with Gasteiger partial charge in [-0.2, -0.15) is 0 Å². The molecule has 2 aliphatic rings. The van der Waals surface area contributed by atoms with Crippen molar-refractivity contribution in [1.82, 2.24) is 14.5 Å². The number of H-pyrrole nitrogens is 1. The minimum Gasteiger partial charge on any atom is -0.367 e. The lowest BCUT2D eigenvalue weighted by Crippen LogP contribution is -2.46. The number of pyridine rings is 1. The fourth-order valence-electron chi connectivity index (χ4n) is 5.05. The van der Waals surface area contributed by atoms with Crippen LogP contribution in [0.1, 0.15) is 36.2 Å². The van der Waals surface area contributed by atoms with E-state index in [1.807, 2.05) is 29.0 Å². The number of halogens is 1. The second-order valence-electron chi connectivity index (χ2n) is 9.49. The Kier molecular flexibility index (Phi) is 5.33. The van der Waals surface area contributed by atoms with Crippen molar-refractivity contribution in [2.75, 3.05) is 42.9 Å². The lowest BCUT2D eigenvalue weighted by atomic mass is 10.1. The Hall–Kier alpha value is -3.65. The van der Waals surface area contributed by atoms with Gasteiger partial charge in [0, 0.05) is 66.6 Å². The number of aromatic nitrogens is 2. The number of hydrogen-bond donors (Lipinski definition) is 2. The molecule has 8 heteroatoms. The van der Waals surface area contributed by atoms with Gasteiger partial charge in [-0.15, -0.1) is 0 Å². The largest absolute Gasteiger partial charge is 0.367 e. The first-order chi connectivity index (χ1) is 17.0. The number of piperazine rings is 1. The zero-order valence-corrected chi connectivity index (χ0v) is 19.7. The maximum absolute atomic E-state index is 15.3. The molecule has 1 amide bonds. The Morgan fingerprint density at radius 2 is 1.91 bits per heavy atom. The van der Waals surface area contributed by atoms with Crippen molar-refractivity contribution in [3.63, 3.8) is 0 Å². The quantitative estimate of drug-likeness (QED) is 0.452. The number of hydrogen-bond acceptors (Lipinski definition) is 4. The van der Waals surface area contributed by atoms with E-state index in [1.54, 1.807) is 18.3 Å². The summed E-state index contributed by atoms with van der Waals surface area (Å²) in [4.78, 5) is 34.1. The molecule has 1 aliphatic heterocycles. The highest BCUT2D eigenvalue weighted by molar-refractivity contribution is 6.06. The molecule has 2 N–H and O–H groups in total. The molecule has 7 nitrogen and oxygen atoms in total. The molecule has 2 aromatic heterocycles. The normalized spacial score (nSPS) is 16.8. The molecule has 0 atom stereocenters. The number of carbonyl (C=O) groups is 1. The van der Waals surface area contributed by atoms with E-state index in [4.69, 9.17) is 0 Å². The summed E-state index contributed by atoms with van der Waals surface area (Å²) in [7, 11) is 0. The highest BCUT2D eigenvalue weighted by atomic mass is 19.1. The van der Waals surface area contributed by atoms with Crippen molar-refractivity contribution < 1.29 is 9.18 Å². The average molecular weight is 474 g/mol. The van der Waals surface area contributed by atoms with Crippen LogP contribution in [0.2, 0.25) is 0 Å². The molecule has 1 saturated carbocycles. The van der Waals surface area contributed by atoms with Gasteiger partial charge in [-0.05, 0) is 55.8 Å². The van der Waals surface area contributed by atoms with Gasteiger partial charge in [-0.1, -0.05) is 6.92 Å². The van der Waals surface area contributed by atoms with Crippen LogP contribution in [0.15, 0.2) is 53.6 Å². The number of amides is 1. The minimum absolute atomic E-state index is 0.0299. The van der Waals surface area contributed by atoms with E-state index in [0.717, 1.165) is 56.5 Å². The summed E-state index contributed by atoms with van der Waals surface area (Å²) in [6, 6.07) is 10.8. The van der Waals surface area contributed by atoms with Crippen LogP contribution in [-0.2, 0) is 0 Å². The molecule has 6 rings (SSSR count). The van der Waals surface area contributed by atoms with Crippen LogP contribution in [0, 0.1) is 5.82 Å². The van der Waals surface area contributed by atoms with E-state index >= 15 is 4.39 Å². The number of fused-ring (bicyclic) bond motifs is 2. The summed E-state index contributed by atoms with van der Waals surface area (Å²) in [6.07, 6.45) is 5.44. The Morgan fingerprint density at radius 3 is 2.66 bits per heavy atom. The third-order valence-corrected chi connectivity index (χ3v) is 7.26. The van der Waals surface area contributed by atoms with E-state index < -0.39 is 17.2 Å². The van der Waals surface area contributed by atoms with Crippen molar-refractivity contribution in [1.29, 1.82) is 0 Å². The van der Waals surface area contributed by atoms with Gasteiger partial charge in [-0.25, -0.2) is 4.39 Å². The lowest BCUT2D eigenvalue weighted by molar-refractivity contribution is 0.102. The Labute approximate surface area is 202 Å². The molecule has 35 heavy (non-hydrogen) atoms. The molecule has 180 valence electrons. The van der Waals surface area contributed by atoms with Gasteiger partial charge in [0.15, 0.2) is 0 Å². The SMILES string of the molecule is CCN1CCN(c2cc3c(cc2F)c(=O)c(C(=O)Nc2ccc4[nH]ccc4c2)cn3C2CC2)CC1. The van der Waals surface area contributed by atoms with Crippen LogP contribution in [-0.4, -0.2) is 53.1 Å². The van der Waals surface area contributed by atoms with Crippen LogP contribution < -0.4 is 15.6 Å². The van der Waals surface area contributed by atoms with Gasteiger partial charge in [0.25, 0.3) is 5.91 Å². The van der Waals surface area contributed by atoms with Gasteiger partial charge in [0.1, 0.15) is 11.4 Å². The molecule has 1 saturated heterocycles. The standard InChI is InChI=1S/C27H28FN5O2/c1-2-31-9-11-32(12-10-31)25-15-24-20(14-22(25)28)26(34)21(16-33(24)19-4-5-19)27(35)30-18-3-6-23-17(13-18)7-8-29-23/h3,6-8,13-16,19,29H,2,4-5,9-12H2,1H3,(H,30,35). The Morgan fingerprint density at radius 1 is 1.11 bits per heavy atom. The number of carbonyl (C=O) groups excluding carboxylic acids is 1. The predicted octanol–water partition coefficient (Wildman–Crippen LogP) is 4.35. The zero-order chi connectivity index (χ0) is 24.1. The van der Waals surface area contributed by atoms with E-state index in [1.165, 1.54) is 6.07 Å². The number of rotatable bonds is 5. The van der Waals surface area contributed by atoms with E-state index in [0.29, 0.717) is 16.9 Å². The van der Waals surface area contributed by atoms with Gasteiger partial charge >= 0.3 is 0 Å². The van der Waals surface area contributed by atoms with Crippen LogP contribution in [0.25, 0.3) is 21.8 Å². The molecule has 2 fully saturated rings. The summed E-state index contributed by atoms with van der Waals surface area (Å²) < 4.78 is 17.3. The molecule has 4 aromatic rings. The number of benzene rings is 2. The first kappa shape index (κ1) is 21.9. The first-order valence-corrected chi connectivity index (χ1v) is 12.3. The molecule has 1 aliphatic carbocycles. The lowest BCUT2D eigenvalue weighted by Gasteiger charge is -2.35. The predicted molar refractivity (Wildman–Crippen MR) is 137 cm³/mol. The van der Waals surface area contributed by atoms with Crippen molar-refractivity contribution in [3.8, 4) is 0 Å². The summed E-state index contributed by atoms with van der Waals surface area (Å²) >= 11 is 0. The van der Waals surface area contributed by atoms with Crippen LogP contribution >= 0.6 is 0 Å². The van der Waals surface area contributed by atoms with Crippen LogP contribution in [0.5, 0.6) is 0 Å². The first-order valence-electron chi connectivity index (χ1n) is 12.3. The number of likely N-dealkylation sites (N-methyl/N-ethyl adjacent to an activating group) is 1. The van der Waals surface area contributed by atoms with E-state index in [-0.39, 0.29) is 17.0 Å². The number of nitrogens with zero attached hydrogens (tertiary/aromatic N) is 3. The number of anilines is 2. The molecular weight excluding hydrogens is 445 g/mol. The maximum Gasteiger partial charge on any atom is 0.261 e. The summed E-state index contributed by atoms with van der Waals surface area (Å²) in [6.45, 7) is 6.38. The Bertz CT molecular complexity index is 1500. The zero-order valence-electron chi connectivity index (χ0n) is 19.7. The third-order valence-electron chi connectivity index (χ3n) is 7.26. The Balaban J connectivity index is 1.38. The van der Waals surface area contributed by atoms with Gasteiger partial charge in [0.2, 0.25) is 5.43 Å². The highest BCUT2D eigenvalue weighted by Crippen LogP contribution is 2.38. The van der Waals surface area contributed by atoms with Gasteiger partial charge in [-0.3, -0.25) is 9.59 Å². The van der Waals surface area contributed by atoms with Crippen molar-refractivity contribution in [2.24, 2.45) is 0 Å². The molecular formula is C27H28FN5O2.